The van der Waals surface area contributed by atoms with Crippen LogP contribution in [0.1, 0.15) is 5.56 Å². The topological polar surface area (TPSA) is 58.4 Å². The van der Waals surface area contributed by atoms with E-state index in [-0.39, 0.29) is 5.91 Å². The summed E-state index contributed by atoms with van der Waals surface area (Å²) in [4.78, 5) is 13.9. The Bertz CT molecular complexity index is 360. The van der Waals surface area contributed by atoms with Crippen LogP contribution in [0.5, 0.6) is 0 Å². The van der Waals surface area contributed by atoms with Gasteiger partial charge in [-0.25, -0.2) is 0 Å². The number of amides is 1. The Morgan fingerprint density at radius 2 is 1.94 bits per heavy atom. The summed E-state index contributed by atoms with van der Waals surface area (Å²) in [6.07, 6.45) is 0.615. The van der Waals surface area contributed by atoms with Crippen LogP contribution in [-0.2, 0) is 11.2 Å². The Morgan fingerprint density at radius 3 is 2.59 bits per heavy atom. The summed E-state index contributed by atoms with van der Waals surface area (Å²) < 4.78 is 0. The Labute approximate surface area is 102 Å². The predicted octanol–water partition coefficient (Wildman–Crippen LogP) is -0.0118. The third-order valence-corrected chi connectivity index (χ3v) is 3.04. The van der Waals surface area contributed by atoms with Gasteiger partial charge in [-0.15, -0.1) is 0 Å². The van der Waals surface area contributed by atoms with Crippen molar-refractivity contribution in [1.29, 1.82) is 0 Å². The predicted molar refractivity (Wildman–Crippen MR) is 67.6 cm³/mol. The van der Waals surface area contributed by atoms with Gasteiger partial charge in [0.05, 0.1) is 6.04 Å². The molecule has 2 rings (SSSR count). The summed E-state index contributed by atoms with van der Waals surface area (Å²) >= 11 is 0. The lowest BCUT2D eigenvalue weighted by molar-refractivity contribution is -0.133. The monoisotopic (exact) mass is 233 g/mol. The quantitative estimate of drug-likeness (QED) is 0.772. The molecular weight excluding hydrogens is 214 g/mol. The van der Waals surface area contributed by atoms with Crippen molar-refractivity contribution in [1.82, 2.24) is 10.2 Å². The number of carbonyl (C=O) groups is 1. The first-order valence-electron chi connectivity index (χ1n) is 6.06. The average molecular weight is 233 g/mol. The molecule has 3 N–H and O–H groups in total. The van der Waals surface area contributed by atoms with Crippen molar-refractivity contribution >= 4 is 5.91 Å². The van der Waals surface area contributed by atoms with Crippen molar-refractivity contribution in [3.8, 4) is 0 Å². The lowest BCUT2D eigenvalue weighted by Crippen LogP contribution is -2.52. The van der Waals surface area contributed by atoms with Gasteiger partial charge in [-0.2, -0.15) is 0 Å². The Morgan fingerprint density at radius 1 is 1.29 bits per heavy atom. The number of hydrogen-bond donors (Lipinski definition) is 2. The first kappa shape index (κ1) is 12.1. The molecule has 0 spiro atoms. The molecule has 1 atom stereocenters. The number of hydrogen-bond acceptors (Lipinski definition) is 3. The van der Waals surface area contributed by atoms with E-state index in [1.165, 1.54) is 0 Å². The van der Waals surface area contributed by atoms with Crippen LogP contribution in [0, 0.1) is 0 Å². The van der Waals surface area contributed by atoms with Crippen molar-refractivity contribution in [2.45, 2.75) is 12.5 Å². The second-order valence-corrected chi connectivity index (χ2v) is 4.37. The number of nitrogens with zero attached hydrogens (tertiary/aromatic N) is 1. The van der Waals surface area contributed by atoms with E-state index in [4.69, 9.17) is 5.73 Å². The van der Waals surface area contributed by atoms with E-state index in [9.17, 15) is 4.79 Å². The zero-order valence-electron chi connectivity index (χ0n) is 9.93. The molecule has 1 aromatic carbocycles. The maximum Gasteiger partial charge on any atom is 0.239 e. The minimum absolute atomic E-state index is 0.0651. The molecular formula is C13H19N3O. The van der Waals surface area contributed by atoms with Crippen LogP contribution >= 0.6 is 0 Å². The summed E-state index contributed by atoms with van der Waals surface area (Å²) in [6.45, 7) is 3.26. The van der Waals surface area contributed by atoms with Gasteiger partial charge < -0.3 is 16.0 Å². The van der Waals surface area contributed by atoms with Crippen LogP contribution in [0.2, 0.25) is 0 Å². The summed E-state index contributed by atoms with van der Waals surface area (Å²) in [7, 11) is 0. The van der Waals surface area contributed by atoms with Crippen LogP contribution in [0.25, 0.3) is 0 Å². The fourth-order valence-electron chi connectivity index (χ4n) is 2.08. The van der Waals surface area contributed by atoms with Crippen LogP contribution in [-0.4, -0.2) is 43.0 Å². The van der Waals surface area contributed by atoms with Gasteiger partial charge in [-0.05, 0) is 12.0 Å². The highest BCUT2D eigenvalue weighted by Crippen LogP contribution is 2.05. The summed E-state index contributed by atoms with van der Waals surface area (Å²) in [5.74, 6) is 0.0651. The molecule has 0 unspecified atom stereocenters. The summed E-state index contributed by atoms with van der Waals surface area (Å²) in [6, 6.07) is 9.49. The maximum absolute atomic E-state index is 12.1. The van der Waals surface area contributed by atoms with Crippen LogP contribution in [0.3, 0.4) is 0 Å². The molecule has 0 saturated carbocycles. The molecule has 17 heavy (non-hydrogen) atoms. The minimum Gasteiger partial charge on any atom is -0.339 e. The summed E-state index contributed by atoms with van der Waals surface area (Å²) in [5.41, 5.74) is 7.08. The highest BCUT2D eigenvalue weighted by Gasteiger charge is 2.22. The first-order chi connectivity index (χ1) is 8.27. The number of benzene rings is 1. The maximum atomic E-state index is 12.1. The average Bonchev–Trinajstić information content (AvgIpc) is 2.40. The molecule has 1 saturated heterocycles. The Hall–Kier alpha value is -1.39. The third kappa shape index (κ3) is 3.28. The molecule has 0 bridgehead atoms. The van der Waals surface area contributed by atoms with E-state index in [2.05, 4.69) is 5.32 Å². The van der Waals surface area contributed by atoms with E-state index in [1.807, 2.05) is 35.2 Å². The molecule has 0 aliphatic carbocycles. The van der Waals surface area contributed by atoms with Gasteiger partial charge in [0.1, 0.15) is 0 Å². The van der Waals surface area contributed by atoms with E-state index in [1.54, 1.807) is 0 Å². The van der Waals surface area contributed by atoms with Crippen molar-refractivity contribution in [2.24, 2.45) is 5.73 Å². The van der Waals surface area contributed by atoms with Gasteiger partial charge in [-0.1, -0.05) is 30.3 Å². The molecule has 1 aliphatic rings. The van der Waals surface area contributed by atoms with E-state index >= 15 is 0 Å². The molecule has 4 heteroatoms. The summed E-state index contributed by atoms with van der Waals surface area (Å²) in [5, 5.41) is 3.22. The number of nitrogens with one attached hydrogen (secondary N) is 1. The molecule has 1 fully saturated rings. The van der Waals surface area contributed by atoms with E-state index in [0.29, 0.717) is 6.42 Å². The zero-order chi connectivity index (χ0) is 12.1. The van der Waals surface area contributed by atoms with Gasteiger partial charge in [-0.3, -0.25) is 4.79 Å². The number of carbonyl (C=O) groups excluding carboxylic acids is 1. The molecule has 0 radical (unpaired) electrons. The highest BCUT2D eigenvalue weighted by atomic mass is 16.2. The molecule has 1 heterocycles. The van der Waals surface area contributed by atoms with Gasteiger partial charge in [0, 0.05) is 26.2 Å². The smallest absolute Gasteiger partial charge is 0.239 e. The largest absolute Gasteiger partial charge is 0.339 e. The number of rotatable bonds is 3. The Kier molecular flexibility index (Phi) is 4.12. The fraction of sp³-hybridized carbons (Fsp3) is 0.462. The van der Waals surface area contributed by atoms with Gasteiger partial charge in [0.25, 0.3) is 0 Å². The van der Waals surface area contributed by atoms with E-state index < -0.39 is 6.04 Å². The molecule has 4 nitrogen and oxygen atoms in total. The number of nitrogens with two attached hydrogens (primary N) is 1. The van der Waals surface area contributed by atoms with Crippen molar-refractivity contribution in [3.63, 3.8) is 0 Å². The van der Waals surface area contributed by atoms with Gasteiger partial charge >= 0.3 is 0 Å². The van der Waals surface area contributed by atoms with Gasteiger partial charge in [0.2, 0.25) is 5.91 Å². The van der Waals surface area contributed by atoms with E-state index in [0.717, 1.165) is 31.7 Å². The second kappa shape index (κ2) is 5.80. The zero-order valence-corrected chi connectivity index (χ0v) is 9.93. The third-order valence-electron chi connectivity index (χ3n) is 3.04. The molecule has 1 aromatic rings. The second-order valence-electron chi connectivity index (χ2n) is 4.37. The van der Waals surface area contributed by atoms with Gasteiger partial charge in [0.15, 0.2) is 0 Å². The van der Waals surface area contributed by atoms with Crippen molar-refractivity contribution in [2.75, 3.05) is 26.2 Å². The highest BCUT2D eigenvalue weighted by molar-refractivity contribution is 5.82. The first-order valence-corrected chi connectivity index (χ1v) is 6.06. The lowest BCUT2D eigenvalue weighted by Gasteiger charge is -2.29. The van der Waals surface area contributed by atoms with Crippen LogP contribution in [0.4, 0.5) is 0 Å². The standard InChI is InChI=1S/C13H19N3O/c14-12(10-11-4-2-1-3-5-11)13(17)16-8-6-15-7-9-16/h1-5,12,15H,6-10,14H2/t12-/m0/s1. The molecule has 1 aliphatic heterocycles. The molecule has 1 amide bonds. The molecule has 92 valence electrons. The number of piperazine rings is 1. The minimum atomic E-state index is -0.421. The lowest BCUT2D eigenvalue weighted by atomic mass is 10.1. The van der Waals surface area contributed by atoms with Crippen molar-refractivity contribution in [3.05, 3.63) is 35.9 Å². The Balaban J connectivity index is 1.90. The normalized spacial score (nSPS) is 17.8. The fourth-order valence-corrected chi connectivity index (χ4v) is 2.08. The van der Waals surface area contributed by atoms with Crippen LogP contribution in [0.15, 0.2) is 30.3 Å². The SMILES string of the molecule is N[C@@H](Cc1ccccc1)C(=O)N1CCNCC1. The molecule has 0 aromatic heterocycles. The van der Waals surface area contributed by atoms with Crippen molar-refractivity contribution < 1.29 is 4.79 Å². The van der Waals surface area contributed by atoms with Crippen LogP contribution < -0.4 is 11.1 Å².